The normalized spacial score (nSPS) is 14.9. The molecule has 0 aromatic heterocycles. The topological polar surface area (TPSA) is 49.9 Å². The Kier molecular flexibility index (Phi) is 11.0. The van der Waals surface area contributed by atoms with E-state index in [1.165, 1.54) is 9.79 Å². The summed E-state index contributed by atoms with van der Waals surface area (Å²) in [6, 6.07) is 15.7. The largest absolute Gasteiger partial charge is 0.379 e. The van der Waals surface area contributed by atoms with Gasteiger partial charge in [-0.25, -0.2) is 0 Å². The van der Waals surface area contributed by atoms with Crippen LogP contribution in [0.2, 0.25) is 0 Å². The van der Waals surface area contributed by atoms with Gasteiger partial charge in [-0.1, -0.05) is 24.3 Å². The molecule has 1 aliphatic rings. The van der Waals surface area contributed by atoms with Crippen molar-refractivity contribution in [3.8, 4) is 0 Å². The summed E-state index contributed by atoms with van der Waals surface area (Å²) in [5, 5.41) is 0. The van der Waals surface area contributed by atoms with Crippen molar-refractivity contribution in [2.24, 2.45) is 0 Å². The Balaban J connectivity index is 0.000000251. The van der Waals surface area contributed by atoms with Crippen LogP contribution in [0.5, 0.6) is 0 Å². The lowest BCUT2D eigenvalue weighted by atomic mass is 9.91. The maximum atomic E-state index is 12.7. The Hall–Kier alpha value is -1.64. The van der Waals surface area contributed by atoms with Crippen LogP contribution < -0.4 is 0 Å². The van der Waals surface area contributed by atoms with Gasteiger partial charge in [0.05, 0.1) is 24.3 Å². The van der Waals surface area contributed by atoms with Crippen LogP contribution in [-0.2, 0) is 4.74 Å². The molecule has 1 saturated heterocycles. The van der Waals surface area contributed by atoms with Crippen LogP contribution >= 0.6 is 23.5 Å². The molecule has 2 aromatic carbocycles. The quantitative estimate of drug-likeness (QED) is 0.333. The van der Waals surface area contributed by atoms with Crippen molar-refractivity contribution < 1.29 is 14.3 Å². The van der Waals surface area contributed by atoms with Gasteiger partial charge in [-0.05, 0) is 78.6 Å². The number of benzene rings is 2. The van der Waals surface area contributed by atoms with Crippen LogP contribution in [0.25, 0.3) is 0 Å². The predicted octanol–water partition coefficient (Wildman–Crippen LogP) is 5.63. The summed E-state index contributed by atoms with van der Waals surface area (Å²) in [6.45, 7) is 11.0. The molecule has 35 heavy (non-hydrogen) atoms. The van der Waals surface area contributed by atoms with Gasteiger partial charge in [0, 0.05) is 34.0 Å². The van der Waals surface area contributed by atoms with E-state index in [0.29, 0.717) is 13.2 Å². The first-order valence-corrected chi connectivity index (χ1v) is 14.3. The molecule has 1 heterocycles. The van der Waals surface area contributed by atoms with Gasteiger partial charge in [0.25, 0.3) is 0 Å². The first-order valence-electron chi connectivity index (χ1n) is 11.8. The fourth-order valence-corrected chi connectivity index (χ4v) is 4.48. The van der Waals surface area contributed by atoms with Gasteiger partial charge in [0.15, 0.2) is 11.6 Å². The number of hydrogen-bond acceptors (Lipinski definition) is 7. The van der Waals surface area contributed by atoms with Crippen LogP contribution in [0.15, 0.2) is 58.3 Å². The van der Waals surface area contributed by atoms with E-state index in [4.69, 9.17) is 4.74 Å². The number of thioether (sulfide) groups is 2. The van der Waals surface area contributed by atoms with Crippen molar-refractivity contribution in [1.29, 1.82) is 0 Å². The van der Waals surface area contributed by atoms with Crippen LogP contribution in [0, 0.1) is 0 Å². The first-order chi connectivity index (χ1) is 16.4. The molecule has 0 amide bonds. The molecule has 0 saturated carbocycles. The number of carbonyl (C=O) groups is 2. The van der Waals surface area contributed by atoms with Gasteiger partial charge in [0.1, 0.15) is 0 Å². The summed E-state index contributed by atoms with van der Waals surface area (Å²) in [5.74, 6) is 0.340. The molecule has 3 rings (SSSR count). The number of ketones is 2. The van der Waals surface area contributed by atoms with Gasteiger partial charge >= 0.3 is 0 Å². The molecule has 0 N–H and O–H groups in total. The third-order valence-corrected chi connectivity index (χ3v) is 8.22. The lowest BCUT2D eigenvalue weighted by molar-refractivity contribution is -0.00430. The Labute approximate surface area is 220 Å². The molecule has 5 nitrogen and oxygen atoms in total. The summed E-state index contributed by atoms with van der Waals surface area (Å²) in [7, 11) is 3.85. The zero-order valence-electron chi connectivity index (χ0n) is 22.4. The molecule has 192 valence electrons. The van der Waals surface area contributed by atoms with E-state index in [0.717, 1.165) is 24.2 Å². The minimum atomic E-state index is -0.468. The summed E-state index contributed by atoms with van der Waals surface area (Å²) < 4.78 is 5.35. The zero-order valence-corrected chi connectivity index (χ0v) is 24.0. The van der Waals surface area contributed by atoms with E-state index >= 15 is 0 Å². The lowest BCUT2D eigenvalue weighted by Gasteiger charge is -2.39. The Morgan fingerprint density at radius 1 is 0.771 bits per heavy atom. The molecule has 0 radical (unpaired) electrons. The van der Waals surface area contributed by atoms with Crippen LogP contribution in [0.1, 0.15) is 48.4 Å². The molecular formula is C28H40N2O3S2. The highest BCUT2D eigenvalue weighted by Gasteiger charge is 2.35. The Morgan fingerprint density at radius 3 is 1.54 bits per heavy atom. The van der Waals surface area contributed by atoms with Crippen molar-refractivity contribution in [3.05, 3.63) is 59.7 Å². The number of morpholine rings is 1. The SMILES string of the molecule is CSc1ccc(C(=O)C(C)(C)N(C)C)cc1.CSc1ccc(C(=O)C(C)(C)N2CCOCC2)cc1. The third-order valence-electron chi connectivity index (χ3n) is 6.74. The Bertz CT molecular complexity index is 965. The van der Waals surface area contributed by atoms with E-state index < -0.39 is 11.1 Å². The molecule has 0 aliphatic carbocycles. The van der Waals surface area contributed by atoms with E-state index in [-0.39, 0.29) is 11.6 Å². The maximum absolute atomic E-state index is 12.7. The van der Waals surface area contributed by atoms with Crippen molar-refractivity contribution in [2.75, 3.05) is 52.9 Å². The predicted molar refractivity (Wildman–Crippen MR) is 149 cm³/mol. The van der Waals surface area contributed by atoms with Crippen LogP contribution in [0.3, 0.4) is 0 Å². The maximum Gasteiger partial charge on any atom is 0.182 e. The molecule has 1 aliphatic heterocycles. The molecule has 7 heteroatoms. The van der Waals surface area contributed by atoms with Gasteiger partial charge < -0.3 is 4.74 Å². The van der Waals surface area contributed by atoms with Gasteiger partial charge in [0.2, 0.25) is 0 Å². The highest BCUT2D eigenvalue weighted by Crippen LogP contribution is 2.24. The van der Waals surface area contributed by atoms with E-state index in [1.807, 2.05) is 108 Å². The summed E-state index contributed by atoms with van der Waals surface area (Å²) >= 11 is 3.37. The molecular weight excluding hydrogens is 476 g/mol. The zero-order chi connectivity index (χ0) is 26.2. The molecule has 2 aromatic rings. The first kappa shape index (κ1) is 29.6. The Morgan fingerprint density at radius 2 is 1.17 bits per heavy atom. The van der Waals surface area contributed by atoms with Crippen molar-refractivity contribution in [3.63, 3.8) is 0 Å². The fraction of sp³-hybridized carbons (Fsp3) is 0.500. The van der Waals surface area contributed by atoms with E-state index in [9.17, 15) is 9.59 Å². The van der Waals surface area contributed by atoms with Gasteiger partial charge in [-0.2, -0.15) is 0 Å². The van der Waals surface area contributed by atoms with Crippen molar-refractivity contribution in [2.45, 2.75) is 48.6 Å². The number of carbonyl (C=O) groups excluding carboxylic acids is 2. The average molecular weight is 517 g/mol. The summed E-state index contributed by atoms with van der Waals surface area (Å²) in [6.07, 6.45) is 4.06. The number of Topliss-reactive ketones (excluding diaryl/α,β-unsaturated/α-hetero) is 2. The number of likely N-dealkylation sites (N-methyl/N-ethyl adjacent to an activating group) is 1. The average Bonchev–Trinajstić information content (AvgIpc) is 2.88. The lowest BCUT2D eigenvalue weighted by Crippen LogP contribution is -2.54. The minimum Gasteiger partial charge on any atom is -0.379 e. The number of nitrogens with zero attached hydrogens (tertiary/aromatic N) is 2. The molecule has 0 bridgehead atoms. The van der Waals surface area contributed by atoms with E-state index in [1.54, 1.807) is 23.5 Å². The van der Waals surface area contributed by atoms with Crippen molar-refractivity contribution in [1.82, 2.24) is 9.80 Å². The second-order valence-electron chi connectivity index (χ2n) is 9.73. The van der Waals surface area contributed by atoms with Crippen LogP contribution in [0.4, 0.5) is 0 Å². The molecule has 0 unspecified atom stereocenters. The number of hydrogen-bond donors (Lipinski definition) is 0. The highest BCUT2D eigenvalue weighted by molar-refractivity contribution is 7.98. The smallest absolute Gasteiger partial charge is 0.182 e. The second kappa shape index (κ2) is 13.1. The molecule has 0 atom stereocenters. The molecule has 0 spiro atoms. The standard InChI is InChI=1S/C15H21NO2S.C13H19NOS/c1-15(2,16-8-10-18-11-9-16)14(17)12-4-6-13(19-3)7-5-12;1-13(2,14(3)4)12(15)10-6-8-11(16-5)9-7-10/h4-7H,8-11H2,1-3H3;6-9H,1-5H3. The number of ether oxygens (including phenoxy) is 1. The summed E-state index contributed by atoms with van der Waals surface area (Å²) in [5.41, 5.74) is 0.636. The third kappa shape index (κ3) is 7.67. The fourth-order valence-electron chi connectivity index (χ4n) is 3.66. The van der Waals surface area contributed by atoms with Gasteiger partial charge in [-0.15, -0.1) is 23.5 Å². The van der Waals surface area contributed by atoms with Gasteiger partial charge in [-0.3, -0.25) is 19.4 Å². The minimum absolute atomic E-state index is 0.158. The second-order valence-corrected chi connectivity index (χ2v) is 11.5. The monoisotopic (exact) mass is 516 g/mol. The van der Waals surface area contributed by atoms with Crippen LogP contribution in [-0.4, -0.2) is 85.4 Å². The highest BCUT2D eigenvalue weighted by atomic mass is 32.2. The molecule has 1 fully saturated rings. The number of rotatable bonds is 8. The van der Waals surface area contributed by atoms with Crippen molar-refractivity contribution >= 4 is 35.1 Å². The summed E-state index contributed by atoms with van der Waals surface area (Å²) in [4.78, 5) is 31.4. The van der Waals surface area contributed by atoms with E-state index in [2.05, 4.69) is 4.90 Å².